The number of hydrogen-bond donors (Lipinski definition) is 1. The van der Waals surface area contributed by atoms with Crippen LogP contribution >= 0.6 is 0 Å². The minimum absolute atomic E-state index is 0.168. The van der Waals surface area contributed by atoms with Crippen LogP contribution in [-0.2, 0) is 11.2 Å². The lowest BCUT2D eigenvalue weighted by Gasteiger charge is -2.08. The number of carbonyl (C=O) groups is 1. The smallest absolute Gasteiger partial charge is 0.222 e. The molecular formula is C13H17N3O. The highest BCUT2D eigenvalue weighted by Gasteiger charge is 2.05. The highest BCUT2D eigenvalue weighted by Crippen LogP contribution is 2.11. The molecule has 1 N–H and O–H groups in total. The second-order valence-corrected chi connectivity index (χ2v) is 4.34. The number of aryl methyl sites for hydroxylation is 1. The normalized spacial score (nSPS) is 10.7. The van der Waals surface area contributed by atoms with Crippen molar-refractivity contribution in [3.8, 4) is 0 Å². The molecule has 0 bridgehead atoms. The van der Waals surface area contributed by atoms with Gasteiger partial charge in [0.15, 0.2) is 0 Å². The molecule has 0 atom stereocenters. The minimum Gasteiger partial charge on any atom is -0.349 e. The molecule has 4 heteroatoms. The summed E-state index contributed by atoms with van der Waals surface area (Å²) >= 11 is 0. The topological polar surface area (TPSA) is 49.0 Å². The summed E-state index contributed by atoms with van der Waals surface area (Å²) < 4.78 is 0. The van der Waals surface area contributed by atoms with Crippen LogP contribution in [0.15, 0.2) is 24.3 Å². The molecule has 0 radical (unpaired) electrons. The Labute approximate surface area is 101 Å². The van der Waals surface area contributed by atoms with Crippen LogP contribution in [0.4, 0.5) is 0 Å². The average Bonchev–Trinajstić information content (AvgIpc) is 2.71. The lowest BCUT2D eigenvalue weighted by molar-refractivity contribution is -0.128. The van der Waals surface area contributed by atoms with Crippen molar-refractivity contribution in [3.63, 3.8) is 0 Å². The van der Waals surface area contributed by atoms with E-state index in [1.807, 2.05) is 24.3 Å². The third kappa shape index (κ3) is 2.84. The Bertz CT molecular complexity index is 483. The summed E-state index contributed by atoms with van der Waals surface area (Å²) in [5.74, 6) is 1.12. The predicted molar refractivity (Wildman–Crippen MR) is 67.7 cm³/mol. The Hall–Kier alpha value is -1.84. The van der Waals surface area contributed by atoms with Crippen molar-refractivity contribution >= 4 is 16.9 Å². The van der Waals surface area contributed by atoms with Gasteiger partial charge in [0, 0.05) is 26.9 Å². The Morgan fingerprint density at radius 3 is 2.82 bits per heavy atom. The van der Waals surface area contributed by atoms with Crippen molar-refractivity contribution in [1.82, 2.24) is 14.9 Å². The van der Waals surface area contributed by atoms with Crippen molar-refractivity contribution < 1.29 is 4.79 Å². The molecule has 0 saturated carbocycles. The van der Waals surface area contributed by atoms with E-state index in [1.165, 1.54) is 0 Å². The van der Waals surface area contributed by atoms with Crippen molar-refractivity contribution in [2.75, 3.05) is 14.1 Å². The number of aromatic amines is 1. The number of rotatable bonds is 4. The zero-order chi connectivity index (χ0) is 12.3. The van der Waals surface area contributed by atoms with Crippen LogP contribution < -0.4 is 0 Å². The van der Waals surface area contributed by atoms with Crippen molar-refractivity contribution in [2.24, 2.45) is 0 Å². The quantitative estimate of drug-likeness (QED) is 0.874. The summed E-state index contributed by atoms with van der Waals surface area (Å²) in [5, 5.41) is 0. The van der Waals surface area contributed by atoms with Gasteiger partial charge in [-0.1, -0.05) is 12.1 Å². The monoisotopic (exact) mass is 231 g/mol. The van der Waals surface area contributed by atoms with Gasteiger partial charge in [-0.3, -0.25) is 4.79 Å². The SMILES string of the molecule is CN(C)C(=O)CCCc1nc2ccccc2[nH]1. The maximum atomic E-state index is 11.4. The number of nitrogens with one attached hydrogen (secondary N) is 1. The highest BCUT2D eigenvalue weighted by molar-refractivity contribution is 5.76. The summed E-state index contributed by atoms with van der Waals surface area (Å²) in [4.78, 5) is 20.8. The van der Waals surface area contributed by atoms with Crippen molar-refractivity contribution in [2.45, 2.75) is 19.3 Å². The standard InChI is InChI=1S/C13H17N3O/c1-16(2)13(17)9-5-8-12-14-10-6-3-4-7-11(10)15-12/h3-4,6-7H,5,8-9H2,1-2H3,(H,14,15). The number of hydrogen-bond acceptors (Lipinski definition) is 2. The van der Waals surface area contributed by atoms with Crippen molar-refractivity contribution in [1.29, 1.82) is 0 Å². The number of benzene rings is 1. The Morgan fingerprint density at radius 1 is 1.35 bits per heavy atom. The molecule has 2 rings (SSSR count). The first-order valence-corrected chi connectivity index (χ1v) is 5.80. The molecule has 1 aromatic carbocycles. The molecular weight excluding hydrogens is 214 g/mol. The molecule has 17 heavy (non-hydrogen) atoms. The van der Waals surface area contributed by atoms with E-state index in [2.05, 4.69) is 9.97 Å². The molecule has 1 amide bonds. The van der Waals surface area contributed by atoms with Crippen LogP contribution in [0.1, 0.15) is 18.7 Å². The molecule has 2 aromatic rings. The average molecular weight is 231 g/mol. The summed E-state index contributed by atoms with van der Waals surface area (Å²) in [6, 6.07) is 7.96. The van der Waals surface area contributed by atoms with Crippen LogP contribution in [0.5, 0.6) is 0 Å². The number of fused-ring (bicyclic) bond motifs is 1. The van der Waals surface area contributed by atoms with Gasteiger partial charge in [0.1, 0.15) is 5.82 Å². The first kappa shape index (κ1) is 11.6. The molecule has 0 aliphatic carbocycles. The van der Waals surface area contributed by atoms with Crippen LogP contribution in [0.3, 0.4) is 0 Å². The summed E-state index contributed by atoms with van der Waals surface area (Å²) in [6.45, 7) is 0. The highest BCUT2D eigenvalue weighted by atomic mass is 16.2. The fourth-order valence-electron chi connectivity index (χ4n) is 1.75. The number of nitrogens with zero attached hydrogens (tertiary/aromatic N) is 2. The van der Waals surface area contributed by atoms with Gasteiger partial charge in [-0.2, -0.15) is 0 Å². The Morgan fingerprint density at radius 2 is 2.12 bits per heavy atom. The van der Waals surface area contributed by atoms with Gasteiger partial charge in [-0.15, -0.1) is 0 Å². The maximum absolute atomic E-state index is 11.4. The Kier molecular flexibility index (Phi) is 3.42. The Balaban J connectivity index is 1.93. The van der Waals surface area contributed by atoms with E-state index in [0.717, 1.165) is 29.7 Å². The largest absolute Gasteiger partial charge is 0.349 e. The van der Waals surface area contributed by atoms with E-state index < -0.39 is 0 Å². The lowest BCUT2D eigenvalue weighted by atomic mass is 10.2. The molecule has 90 valence electrons. The number of amides is 1. The van der Waals surface area contributed by atoms with E-state index in [0.29, 0.717) is 6.42 Å². The molecule has 0 unspecified atom stereocenters. The number of H-pyrrole nitrogens is 1. The second kappa shape index (κ2) is 4.99. The van der Waals surface area contributed by atoms with E-state index in [9.17, 15) is 4.79 Å². The summed E-state index contributed by atoms with van der Waals surface area (Å²) in [6.07, 6.45) is 2.22. The maximum Gasteiger partial charge on any atom is 0.222 e. The van der Waals surface area contributed by atoms with E-state index in [4.69, 9.17) is 0 Å². The van der Waals surface area contributed by atoms with Gasteiger partial charge in [0.05, 0.1) is 11.0 Å². The van der Waals surface area contributed by atoms with E-state index in [-0.39, 0.29) is 5.91 Å². The molecule has 1 heterocycles. The van der Waals surface area contributed by atoms with Gasteiger partial charge in [-0.05, 0) is 18.6 Å². The minimum atomic E-state index is 0.168. The number of carbonyl (C=O) groups excluding carboxylic acids is 1. The molecule has 0 aliphatic heterocycles. The van der Waals surface area contributed by atoms with Crippen LogP contribution in [0, 0.1) is 0 Å². The van der Waals surface area contributed by atoms with Gasteiger partial charge in [-0.25, -0.2) is 4.98 Å². The zero-order valence-corrected chi connectivity index (χ0v) is 10.2. The summed E-state index contributed by atoms with van der Waals surface area (Å²) in [7, 11) is 3.56. The summed E-state index contributed by atoms with van der Waals surface area (Å²) in [5.41, 5.74) is 2.04. The molecule has 4 nitrogen and oxygen atoms in total. The fraction of sp³-hybridized carbons (Fsp3) is 0.385. The molecule has 0 fully saturated rings. The number of para-hydroxylation sites is 2. The van der Waals surface area contributed by atoms with Crippen molar-refractivity contribution in [3.05, 3.63) is 30.1 Å². The third-order valence-corrected chi connectivity index (χ3v) is 2.74. The third-order valence-electron chi connectivity index (χ3n) is 2.74. The second-order valence-electron chi connectivity index (χ2n) is 4.34. The fourth-order valence-corrected chi connectivity index (χ4v) is 1.75. The van der Waals surface area contributed by atoms with Crippen LogP contribution in [-0.4, -0.2) is 34.9 Å². The van der Waals surface area contributed by atoms with Crippen LogP contribution in [0.2, 0.25) is 0 Å². The number of imidazole rings is 1. The van der Waals surface area contributed by atoms with Gasteiger partial charge in [0.25, 0.3) is 0 Å². The predicted octanol–water partition coefficient (Wildman–Crippen LogP) is 1.97. The van der Waals surface area contributed by atoms with Crippen LogP contribution in [0.25, 0.3) is 11.0 Å². The van der Waals surface area contributed by atoms with Gasteiger partial charge in [0.2, 0.25) is 5.91 Å². The van der Waals surface area contributed by atoms with E-state index >= 15 is 0 Å². The first-order chi connectivity index (χ1) is 8.16. The molecule has 1 aromatic heterocycles. The van der Waals surface area contributed by atoms with Gasteiger partial charge >= 0.3 is 0 Å². The lowest BCUT2D eigenvalue weighted by Crippen LogP contribution is -2.21. The number of aromatic nitrogens is 2. The van der Waals surface area contributed by atoms with E-state index in [1.54, 1.807) is 19.0 Å². The molecule has 0 spiro atoms. The molecule has 0 saturated heterocycles. The zero-order valence-electron chi connectivity index (χ0n) is 10.2. The van der Waals surface area contributed by atoms with Gasteiger partial charge < -0.3 is 9.88 Å². The molecule has 0 aliphatic rings. The first-order valence-electron chi connectivity index (χ1n) is 5.80.